The van der Waals surface area contributed by atoms with E-state index in [9.17, 15) is 4.79 Å². The highest BCUT2D eigenvalue weighted by Crippen LogP contribution is 2.27. The molecule has 0 saturated heterocycles. The van der Waals surface area contributed by atoms with Crippen LogP contribution in [-0.2, 0) is 30.6 Å². The first-order chi connectivity index (χ1) is 14.3. The maximum Gasteiger partial charge on any atom is 0.224 e. The van der Waals surface area contributed by atoms with Crippen LogP contribution in [0.2, 0.25) is 0 Å². The number of benzene rings is 3. The summed E-state index contributed by atoms with van der Waals surface area (Å²) in [6.45, 7) is 0.481. The second-order valence-electron chi connectivity index (χ2n) is 7.61. The average molecular weight is 381 g/mol. The number of amides is 1. The van der Waals surface area contributed by atoms with Crippen molar-refractivity contribution in [3.63, 3.8) is 0 Å². The Labute approximate surface area is 170 Å². The molecule has 4 heteroatoms. The summed E-state index contributed by atoms with van der Waals surface area (Å²) in [5, 5.41) is 10.3. The maximum atomic E-state index is 12.6. The molecule has 1 aliphatic rings. The van der Waals surface area contributed by atoms with Crippen molar-refractivity contribution in [2.45, 2.75) is 32.2 Å². The van der Waals surface area contributed by atoms with Gasteiger partial charge in [0.15, 0.2) is 0 Å². The monoisotopic (exact) mass is 381 g/mol. The number of rotatable bonds is 5. The molecule has 0 spiro atoms. The Hall–Kier alpha value is -3.40. The van der Waals surface area contributed by atoms with E-state index in [0.29, 0.717) is 13.0 Å². The van der Waals surface area contributed by atoms with Gasteiger partial charge in [-0.15, -0.1) is 0 Å². The summed E-state index contributed by atoms with van der Waals surface area (Å²) in [7, 11) is 0. The molecule has 3 aromatic carbocycles. The summed E-state index contributed by atoms with van der Waals surface area (Å²) in [6, 6.07) is 24.7. The van der Waals surface area contributed by atoms with Crippen molar-refractivity contribution in [1.29, 1.82) is 0 Å². The van der Waals surface area contributed by atoms with Gasteiger partial charge in [0, 0.05) is 5.69 Å². The predicted molar refractivity (Wildman–Crippen MR) is 115 cm³/mol. The van der Waals surface area contributed by atoms with Gasteiger partial charge in [-0.05, 0) is 53.3 Å². The average Bonchev–Trinajstić information content (AvgIpc) is 3.36. The summed E-state index contributed by atoms with van der Waals surface area (Å²) < 4.78 is 2.05. The van der Waals surface area contributed by atoms with Crippen LogP contribution in [0, 0.1) is 0 Å². The summed E-state index contributed by atoms with van der Waals surface area (Å²) in [5.74, 6) is 0.0290. The van der Waals surface area contributed by atoms with Crippen molar-refractivity contribution in [1.82, 2.24) is 15.1 Å². The van der Waals surface area contributed by atoms with Gasteiger partial charge in [0.2, 0.25) is 5.91 Å². The van der Waals surface area contributed by atoms with Crippen LogP contribution >= 0.6 is 0 Å². The molecule has 0 saturated carbocycles. The number of para-hydroxylation sites is 1. The normalized spacial score (nSPS) is 12.8. The molecule has 1 amide bonds. The smallest absolute Gasteiger partial charge is 0.224 e. The van der Waals surface area contributed by atoms with Crippen molar-refractivity contribution >= 4 is 16.7 Å². The summed E-state index contributed by atoms with van der Waals surface area (Å²) >= 11 is 0. The molecular formula is C25H23N3O. The van der Waals surface area contributed by atoms with Crippen LogP contribution in [0.25, 0.3) is 16.5 Å². The Morgan fingerprint density at radius 3 is 2.59 bits per heavy atom. The molecule has 4 nitrogen and oxygen atoms in total. The third kappa shape index (κ3) is 3.54. The van der Waals surface area contributed by atoms with Gasteiger partial charge >= 0.3 is 0 Å². The molecule has 144 valence electrons. The largest absolute Gasteiger partial charge is 0.350 e. The lowest BCUT2D eigenvalue weighted by Gasteiger charge is -2.06. The fourth-order valence-corrected chi connectivity index (χ4v) is 4.22. The van der Waals surface area contributed by atoms with Crippen molar-refractivity contribution in [2.24, 2.45) is 0 Å². The molecule has 1 aliphatic carbocycles. The zero-order valence-corrected chi connectivity index (χ0v) is 16.3. The third-order valence-electron chi connectivity index (χ3n) is 5.65. The highest BCUT2D eigenvalue weighted by molar-refractivity contribution is 5.85. The molecule has 4 aromatic rings. The Bertz CT molecular complexity index is 1180. The van der Waals surface area contributed by atoms with Crippen molar-refractivity contribution in [3.05, 3.63) is 95.3 Å². The number of aromatic nitrogens is 2. The van der Waals surface area contributed by atoms with Gasteiger partial charge in [0.25, 0.3) is 0 Å². The first kappa shape index (κ1) is 17.7. The number of hydrogen-bond donors (Lipinski definition) is 1. The van der Waals surface area contributed by atoms with Crippen molar-refractivity contribution in [2.75, 3.05) is 0 Å². The molecule has 0 bridgehead atoms. The van der Waals surface area contributed by atoms with Crippen LogP contribution in [0.3, 0.4) is 0 Å². The standard InChI is InChI=1S/C25H23N3O/c29-25(16-18-13-14-19-7-4-5-8-20(19)15-18)26-17-23-22-11-6-12-24(22)28(27-23)21-9-2-1-3-10-21/h1-5,7-10,13-15H,6,11-12,16-17H2,(H,26,29). The van der Waals surface area contributed by atoms with E-state index in [-0.39, 0.29) is 5.91 Å². The molecule has 1 heterocycles. The Kier molecular flexibility index (Phi) is 4.60. The number of nitrogens with zero attached hydrogens (tertiary/aromatic N) is 2. The fourth-order valence-electron chi connectivity index (χ4n) is 4.22. The lowest BCUT2D eigenvalue weighted by Crippen LogP contribution is -2.25. The topological polar surface area (TPSA) is 46.9 Å². The zero-order chi connectivity index (χ0) is 19.6. The molecule has 0 atom stereocenters. The second kappa shape index (κ2) is 7.55. The second-order valence-corrected chi connectivity index (χ2v) is 7.61. The highest BCUT2D eigenvalue weighted by Gasteiger charge is 2.23. The minimum Gasteiger partial charge on any atom is -0.350 e. The van der Waals surface area contributed by atoms with Gasteiger partial charge in [-0.25, -0.2) is 4.68 Å². The van der Waals surface area contributed by atoms with Crippen LogP contribution < -0.4 is 5.32 Å². The van der Waals surface area contributed by atoms with Crippen molar-refractivity contribution in [3.8, 4) is 5.69 Å². The molecule has 1 N–H and O–H groups in total. The van der Waals surface area contributed by atoms with Gasteiger partial charge < -0.3 is 5.32 Å². The minimum absolute atomic E-state index is 0.0290. The molecule has 0 unspecified atom stereocenters. The molecule has 0 radical (unpaired) electrons. The Balaban J connectivity index is 1.30. The van der Waals surface area contributed by atoms with Crippen LogP contribution in [0.1, 0.15) is 28.9 Å². The van der Waals surface area contributed by atoms with Crippen LogP contribution in [0.15, 0.2) is 72.8 Å². The quantitative estimate of drug-likeness (QED) is 0.558. The van der Waals surface area contributed by atoms with Crippen LogP contribution in [-0.4, -0.2) is 15.7 Å². The van der Waals surface area contributed by atoms with E-state index in [1.165, 1.54) is 16.6 Å². The summed E-state index contributed by atoms with van der Waals surface area (Å²) in [6.07, 6.45) is 3.62. The zero-order valence-electron chi connectivity index (χ0n) is 16.3. The first-order valence-electron chi connectivity index (χ1n) is 10.2. The van der Waals surface area contributed by atoms with Crippen LogP contribution in [0.4, 0.5) is 0 Å². The summed E-state index contributed by atoms with van der Waals surface area (Å²) in [4.78, 5) is 12.6. The van der Waals surface area contributed by atoms with E-state index in [1.807, 2.05) is 41.1 Å². The van der Waals surface area contributed by atoms with E-state index >= 15 is 0 Å². The molecule has 5 rings (SSSR count). The van der Waals surface area contributed by atoms with Gasteiger partial charge in [-0.3, -0.25) is 4.79 Å². The lowest BCUT2D eigenvalue weighted by atomic mass is 10.0. The number of carbonyl (C=O) groups excluding carboxylic acids is 1. The van der Waals surface area contributed by atoms with E-state index < -0.39 is 0 Å². The predicted octanol–water partition coefficient (Wildman–Crippen LogP) is 4.37. The Morgan fingerprint density at radius 2 is 1.72 bits per heavy atom. The lowest BCUT2D eigenvalue weighted by molar-refractivity contribution is -0.120. The molecule has 1 aromatic heterocycles. The minimum atomic E-state index is 0.0290. The first-order valence-corrected chi connectivity index (χ1v) is 10.2. The Morgan fingerprint density at radius 1 is 0.931 bits per heavy atom. The van der Waals surface area contributed by atoms with Gasteiger partial charge in [-0.1, -0.05) is 60.7 Å². The number of nitrogens with one attached hydrogen (secondary N) is 1. The fraction of sp³-hybridized carbons (Fsp3) is 0.200. The molecule has 29 heavy (non-hydrogen) atoms. The third-order valence-corrected chi connectivity index (χ3v) is 5.65. The maximum absolute atomic E-state index is 12.6. The molecule has 0 fully saturated rings. The highest BCUT2D eigenvalue weighted by atomic mass is 16.1. The molecular weight excluding hydrogens is 358 g/mol. The van der Waals surface area contributed by atoms with Gasteiger partial charge in [0.05, 0.1) is 24.3 Å². The molecule has 0 aliphatic heterocycles. The van der Waals surface area contributed by atoms with E-state index in [2.05, 4.69) is 41.7 Å². The summed E-state index contributed by atoms with van der Waals surface area (Å²) in [5.41, 5.74) is 5.70. The van der Waals surface area contributed by atoms with E-state index in [4.69, 9.17) is 5.10 Å². The van der Waals surface area contributed by atoms with Gasteiger partial charge in [-0.2, -0.15) is 5.10 Å². The number of carbonyl (C=O) groups is 1. The van der Waals surface area contributed by atoms with E-state index in [1.54, 1.807) is 0 Å². The van der Waals surface area contributed by atoms with Crippen molar-refractivity contribution < 1.29 is 4.79 Å². The van der Waals surface area contributed by atoms with Gasteiger partial charge in [0.1, 0.15) is 0 Å². The van der Waals surface area contributed by atoms with E-state index in [0.717, 1.165) is 41.6 Å². The number of hydrogen-bond acceptors (Lipinski definition) is 2. The SMILES string of the molecule is O=C(Cc1ccc2ccccc2c1)NCc1nn(-c2ccccc2)c2c1CCC2. The van der Waals surface area contributed by atoms with Crippen LogP contribution in [0.5, 0.6) is 0 Å². The number of fused-ring (bicyclic) bond motifs is 2.